The Morgan fingerprint density at radius 2 is 2.33 bits per heavy atom. The van der Waals surface area contributed by atoms with E-state index in [1.165, 1.54) is 9.27 Å². The van der Waals surface area contributed by atoms with Gasteiger partial charge in [-0.1, -0.05) is 6.08 Å². The second-order valence-corrected chi connectivity index (χ2v) is 3.97. The molecule has 2 rings (SSSR count). The van der Waals surface area contributed by atoms with E-state index < -0.39 is 0 Å². The van der Waals surface area contributed by atoms with Gasteiger partial charge in [-0.15, -0.1) is 0 Å². The third-order valence-corrected chi connectivity index (χ3v) is 2.69. The normalized spacial score (nSPS) is 16.2. The van der Waals surface area contributed by atoms with Crippen molar-refractivity contribution in [1.82, 2.24) is 9.97 Å². The van der Waals surface area contributed by atoms with Crippen molar-refractivity contribution < 1.29 is 0 Å². The van der Waals surface area contributed by atoms with Crippen LogP contribution in [0, 0.1) is 0 Å². The van der Waals surface area contributed by atoms with Crippen LogP contribution in [0.15, 0.2) is 22.1 Å². The van der Waals surface area contributed by atoms with Crippen LogP contribution in [0.25, 0.3) is 6.08 Å². The number of nitrogens with one attached hydrogen (secondary N) is 1. The number of hydrogen-bond acceptors (Lipinski definition) is 1. The lowest BCUT2D eigenvalue weighted by Crippen LogP contribution is -1.89. The number of nitrogens with zero attached hydrogens (tertiary/aromatic N) is 1. The summed E-state index contributed by atoms with van der Waals surface area (Å²) in [5.74, 6) is 0. The number of fused-ring (bicyclic) bond motifs is 1. The summed E-state index contributed by atoms with van der Waals surface area (Å²) in [7, 11) is 0. The Kier molecular flexibility index (Phi) is 2.30. The van der Waals surface area contributed by atoms with Crippen molar-refractivity contribution in [3.8, 4) is 0 Å². The van der Waals surface area contributed by atoms with E-state index in [0.29, 0.717) is 0 Å². The Morgan fingerprint density at radius 3 is 3.25 bits per heavy atom. The highest BCUT2D eigenvalue weighted by molar-refractivity contribution is 14.1. The number of imidazole rings is 1. The number of hydrogen-bond donors (Lipinski definition) is 1. The predicted molar refractivity (Wildman–Crippen MR) is 58.0 cm³/mol. The fraction of sp³-hybridized carbons (Fsp3) is 0.222. The average molecular weight is 272 g/mol. The molecule has 1 aromatic heterocycles. The van der Waals surface area contributed by atoms with Gasteiger partial charge in [0, 0.05) is 9.27 Å². The van der Waals surface area contributed by atoms with Gasteiger partial charge in [-0.25, -0.2) is 4.98 Å². The molecule has 0 unspecified atom stereocenters. The Morgan fingerprint density at radius 1 is 1.42 bits per heavy atom. The lowest BCUT2D eigenvalue weighted by atomic mass is 10.1. The van der Waals surface area contributed by atoms with Crippen LogP contribution in [-0.4, -0.2) is 9.97 Å². The molecule has 3 heteroatoms. The van der Waals surface area contributed by atoms with Gasteiger partial charge < -0.3 is 4.98 Å². The number of aryl methyl sites for hydroxylation is 1. The topological polar surface area (TPSA) is 28.7 Å². The van der Waals surface area contributed by atoms with Crippen LogP contribution in [0.5, 0.6) is 0 Å². The molecule has 0 saturated heterocycles. The van der Waals surface area contributed by atoms with Crippen molar-refractivity contribution in [3.63, 3.8) is 0 Å². The van der Waals surface area contributed by atoms with Crippen LogP contribution in [-0.2, 0) is 6.42 Å². The van der Waals surface area contributed by atoms with E-state index in [1.54, 1.807) is 6.33 Å². The molecule has 0 saturated carbocycles. The number of aromatic nitrogens is 2. The van der Waals surface area contributed by atoms with E-state index in [9.17, 15) is 0 Å². The molecule has 0 fully saturated rings. The third kappa shape index (κ3) is 1.60. The fourth-order valence-corrected chi connectivity index (χ4v) is 1.75. The first-order chi connectivity index (χ1) is 5.86. The average Bonchev–Trinajstić information content (AvgIpc) is 2.45. The summed E-state index contributed by atoms with van der Waals surface area (Å²) in [5, 5.41) is 0. The zero-order valence-electron chi connectivity index (χ0n) is 6.55. The zero-order valence-corrected chi connectivity index (χ0v) is 8.71. The number of allylic oxidation sites excluding steroid dienone is 3. The molecule has 1 aliphatic rings. The fourth-order valence-electron chi connectivity index (χ4n) is 1.26. The van der Waals surface area contributed by atoms with Crippen LogP contribution in [0.2, 0.25) is 0 Å². The number of H-pyrrole nitrogens is 1. The Bertz CT molecular complexity index is 336. The quantitative estimate of drug-likeness (QED) is 0.723. The van der Waals surface area contributed by atoms with Crippen molar-refractivity contribution in [2.45, 2.75) is 12.8 Å². The smallest absolute Gasteiger partial charge is 0.0929 e. The molecule has 0 aliphatic heterocycles. The second-order valence-electron chi connectivity index (χ2n) is 2.73. The van der Waals surface area contributed by atoms with Gasteiger partial charge in [0.2, 0.25) is 0 Å². The number of aromatic amines is 1. The minimum atomic E-state index is 1.06. The largest absolute Gasteiger partial charge is 0.348 e. The Hall–Kier alpha value is -0.580. The van der Waals surface area contributed by atoms with Gasteiger partial charge in [-0.3, -0.25) is 0 Å². The summed E-state index contributed by atoms with van der Waals surface area (Å²) in [6.45, 7) is 0. The SMILES string of the molecule is IC1=CCCc2[nH]cnc2C=C1. The highest BCUT2D eigenvalue weighted by Crippen LogP contribution is 2.17. The lowest BCUT2D eigenvalue weighted by Gasteiger charge is -2.00. The summed E-state index contributed by atoms with van der Waals surface area (Å²) >= 11 is 2.33. The van der Waals surface area contributed by atoms with Gasteiger partial charge in [0.05, 0.1) is 12.0 Å². The Labute approximate surface area is 84.9 Å². The van der Waals surface area contributed by atoms with E-state index in [2.05, 4.69) is 50.8 Å². The van der Waals surface area contributed by atoms with E-state index >= 15 is 0 Å². The van der Waals surface area contributed by atoms with Crippen molar-refractivity contribution >= 4 is 28.7 Å². The van der Waals surface area contributed by atoms with E-state index in [-0.39, 0.29) is 0 Å². The van der Waals surface area contributed by atoms with E-state index in [0.717, 1.165) is 18.5 Å². The molecule has 1 heterocycles. The van der Waals surface area contributed by atoms with Crippen molar-refractivity contribution in [2.24, 2.45) is 0 Å². The molecule has 62 valence electrons. The summed E-state index contributed by atoms with van der Waals surface area (Å²) in [6.07, 6.45) is 10.3. The van der Waals surface area contributed by atoms with Gasteiger partial charge in [-0.2, -0.15) is 0 Å². The van der Waals surface area contributed by atoms with Gasteiger partial charge in [0.15, 0.2) is 0 Å². The van der Waals surface area contributed by atoms with Gasteiger partial charge in [-0.05, 0) is 47.6 Å². The van der Waals surface area contributed by atoms with Gasteiger partial charge in [0.25, 0.3) is 0 Å². The minimum absolute atomic E-state index is 1.06. The monoisotopic (exact) mass is 272 g/mol. The summed E-state index contributed by atoms with van der Waals surface area (Å²) in [4.78, 5) is 7.37. The van der Waals surface area contributed by atoms with E-state index in [4.69, 9.17) is 0 Å². The molecule has 1 N–H and O–H groups in total. The highest BCUT2D eigenvalue weighted by atomic mass is 127. The van der Waals surface area contributed by atoms with Crippen LogP contribution in [0.1, 0.15) is 17.8 Å². The highest BCUT2D eigenvalue weighted by Gasteiger charge is 2.03. The molecule has 0 spiro atoms. The Balaban J connectivity index is 2.38. The molecule has 0 atom stereocenters. The molecular weight excluding hydrogens is 263 g/mol. The molecule has 0 radical (unpaired) electrons. The zero-order chi connectivity index (χ0) is 8.39. The van der Waals surface area contributed by atoms with Gasteiger partial charge in [0.1, 0.15) is 0 Å². The van der Waals surface area contributed by atoms with Crippen molar-refractivity contribution in [2.75, 3.05) is 0 Å². The minimum Gasteiger partial charge on any atom is -0.348 e. The molecule has 0 aromatic carbocycles. The number of rotatable bonds is 0. The standard InChI is InChI=1S/C9H9IN2/c10-7-2-1-3-8-9(5-4-7)12-6-11-8/h2,4-6H,1,3H2,(H,11,12). The predicted octanol–water partition coefficient (Wildman–Crippen LogP) is 2.69. The lowest BCUT2D eigenvalue weighted by molar-refractivity contribution is 0.952. The van der Waals surface area contributed by atoms with Crippen molar-refractivity contribution in [3.05, 3.63) is 33.4 Å². The molecule has 1 aliphatic carbocycles. The second kappa shape index (κ2) is 3.43. The molecule has 2 nitrogen and oxygen atoms in total. The van der Waals surface area contributed by atoms with Crippen LogP contribution < -0.4 is 0 Å². The summed E-state index contributed by atoms with van der Waals surface area (Å²) in [6, 6.07) is 0. The maximum absolute atomic E-state index is 4.22. The van der Waals surface area contributed by atoms with Crippen LogP contribution >= 0.6 is 22.6 Å². The molecular formula is C9H9IN2. The first kappa shape index (κ1) is 8.04. The maximum atomic E-state index is 4.22. The molecule has 0 amide bonds. The molecule has 1 aromatic rings. The third-order valence-electron chi connectivity index (χ3n) is 1.89. The molecule has 0 bridgehead atoms. The van der Waals surface area contributed by atoms with Gasteiger partial charge >= 0.3 is 0 Å². The maximum Gasteiger partial charge on any atom is 0.0929 e. The first-order valence-corrected chi connectivity index (χ1v) is 5.00. The first-order valence-electron chi connectivity index (χ1n) is 3.92. The van der Waals surface area contributed by atoms with E-state index in [1.807, 2.05) is 0 Å². The number of halogens is 1. The van der Waals surface area contributed by atoms with Crippen LogP contribution in [0.3, 0.4) is 0 Å². The molecule has 12 heavy (non-hydrogen) atoms. The van der Waals surface area contributed by atoms with Crippen LogP contribution in [0.4, 0.5) is 0 Å². The summed E-state index contributed by atoms with van der Waals surface area (Å²) < 4.78 is 1.29. The summed E-state index contributed by atoms with van der Waals surface area (Å²) in [5.41, 5.74) is 2.32. The van der Waals surface area contributed by atoms with Crippen molar-refractivity contribution in [1.29, 1.82) is 0 Å².